The van der Waals surface area contributed by atoms with E-state index in [1.807, 2.05) is 24.3 Å². The van der Waals surface area contributed by atoms with E-state index in [9.17, 15) is 18.0 Å². The molecule has 112 valence electrons. The van der Waals surface area contributed by atoms with E-state index < -0.39 is 11.7 Å². The zero-order valence-corrected chi connectivity index (χ0v) is 11.5. The molecule has 5 heteroatoms. The summed E-state index contributed by atoms with van der Waals surface area (Å²) in [4.78, 5) is 12.0. The number of pyridine rings is 1. The van der Waals surface area contributed by atoms with Gasteiger partial charge in [0.05, 0.1) is 17.6 Å². The molecule has 2 nitrogen and oxygen atoms in total. The van der Waals surface area contributed by atoms with E-state index in [0.717, 1.165) is 23.0 Å². The molecule has 0 aliphatic carbocycles. The Bertz CT molecular complexity index is 863. The average molecular weight is 303 g/mol. The molecule has 0 atom stereocenters. The van der Waals surface area contributed by atoms with E-state index in [0.29, 0.717) is 5.56 Å². The van der Waals surface area contributed by atoms with Gasteiger partial charge in [-0.15, -0.1) is 0 Å². The number of fused-ring (bicyclic) bond motifs is 1. The van der Waals surface area contributed by atoms with Crippen LogP contribution >= 0.6 is 0 Å². The fourth-order valence-electron chi connectivity index (χ4n) is 2.39. The lowest BCUT2D eigenvalue weighted by Crippen LogP contribution is -2.19. The zero-order chi connectivity index (χ0) is 15.7. The van der Waals surface area contributed by atoms with E-state index in [-0.39, 0.29) is 12.1 Å². The molecule has 1 aromatic heterocycles. The summed E-state index contributed by atoms with van der Waals surface area (Å²) < 4.78 is 39.2. The lowest BCUT2D eigenvalue weighted by molar-refractivity contribution is -0.137. The van der Waals surface area contributed by atoms with E-state index in [1.54, 1.807) is 10.6 Å². The SMILES string of the molecule is O=c1ccc2ccccc2n1Cc1ccc(C(F)(F)F)cc1. The first-order chi connectivity index (χ1) is 10.4. The van der Waals surface area contributed by atoms with Gasteiger partial charge in [0, 0.05) is 6.07 Å². The molecule has 0 spiro atoms. The van der Waals surface area contributed by atoms with E-state index in [2.05, 4.69) is 0 Å². The van der Waals surface area contributed by atoms with Gasteiger partial charge in [0.1, 0.15) is 0 Å². The van der Waals surface area contributed by atoms with Gasteiger partial charge in [-0.05, 0) is 35.2 Å². The molecule has 0 amide bonds. The Hall–Kier alpha value is -2.56. The van der Waals surface area contributed by atoms with E-state index in [4.69, 9.17) is 0 Å². The Labute approximate surface area is 124 Å². The van der Waals surface area contributed by atoms with Gasteiger partial charge < -0.3 is 4.57 Å². The van der Waals surface area contributed by atoms with Gasteiger partial charge in [-0.1, -0.05) is 30.3 Å². The quantitative estimate of drug-likeness (QED) is 0.699. The maximum Gasteiger partial charge on any atom is 0.416 e. The smallest absolute Gasteiger partial charge is 0.304 e. The fourth-order valence-corrected chi connectivity index (χ4v) is 2.39. The predicted molar refractivity (Wildman–Crippen MR) is 78.8 cm³/mol. The monoisotopic (exact) mass is 303 g/mol. The van der Waals surface area contributed by atoms with Crippen molar-refractivity contribution in [3.63, 3.8) is 0 Å². The second-order valence-electron chi connectivity index (χ2n) is 5.01. The van der Waals surface area contributed by atoms with Crippen LogP contribution in [0.1, 0.15) is 11.1 Å². The largest absolute Gasteiger partial charge is 0.416 e. The van der Waals surface area contributed by atoms with Gasteiger partial charge in [-0.2, -0.15) is 13.2 Å². The molecule has 0 unspecified atom stereocenters. The molecule has 0 aliphatic heterocycles. The van der Waals surface area contributed by atoms with Crippen LogP contribution in [0.5, 0.6) is 0 Å². The van der Waals surface area contributed by atoms with Crippen molar-refractivity contribution in [2.45, 2.75) is 12.7 Å². The van der Waals surface area contributed by atoms with Crippen LogP contribution in [0.3, 0.4) is 0 Å². The topological polar surface area (TPSA) is 22.0 Å². The second kappa shape index (κ2) is 5.33. The first kappa shape index (κ1) is 14.4. The van der Waals surface area contributed by atoms with Crippen molar-refractivity contribution >= 4 is 10.9 Å². The highest BCUT2D eigenvalue weighted by atomic mass is 19.4. The van der Waals surface area contributed by atoms with Crippen molar-refractivity contribution in [1.82, 2.24) is 4.57 Å². The number of halogens is 3. The maximum absolute atomic E-state index is 12.6. The van der Waals surface area contributed by atoms with Crippen molar-refractivity contribution < 1.29 is 13.2 Å². The molecule has 0 saturated carbocycles. The number of aromatic nitrogens is 1. The molecular formula is C17H12F3NO. The standard InChI is InChI=1S/C17H12F3NO/c18-17(19,20)14-8-5-12(6-9-14)11-21-15-4-2-1-3-13(15)7-10-16(21)22/h1-10H,11H2. The van der Waals surface area contributed by atoms with Crippen LogP contribution in [0.15, 0.2) is 65.5 Å². The summed E-state index contributed by atoms with van der Waals surface area (Å²) >= 11 is 0. The van der Waals surface area contributed by atoms with E-state index in [1.165, 1.54) is 18.2 Å². The van der Waals surface area contributed by atoms with Crippen LogP contribution in [-0.2, 0) is 12.7 Å². The summed E-state index contributed by atoms with van der Waals surface area (Å²) in [5.41, 5.74) is 0.529. The summed E-state index contributed by atoms with van der Waals surface area (Å²) in [5, 5.41) is 0.911. The average Bonchev–Trinajstić information content (AvgIpc) is 2.50. The van der Waals surface area contributed by atoms with Gasteiger partial charge in [-0.25, -0.2) is 0 Å². The Balaban J connectivity index is 2.00. The minimum atomic E-state index is -4.35. The molecular weight excluding hydrogens is 291 g/mol. The molecule has 3 rings (SSSR count). The predicted octanol–water partition coefficient (Wildman–Crippen LogP) is 4.07. The number of hydrogen-bond acceptors (Lipinski definition) is 1. The van der Waals surface area contributed by atoms with Crippen LogP contribution in [0, 0.1) is 0 Å². The number of rotatable bonds is 2. The molecule has 0 radical (unpaired) electrons. The first-order valence-electron chi connectivity index (χ1n) is 6.70. The molecule has 0 N–H and O–H groups in total. The van der Waals surface area contributed by atoms with Gasteiger partial charge in [0.2, 0.25) is 0 Å². The second-order valence-corrected chi connectivity index (χ2v) is 5.01. The molecule has 2 aromatic carbocycles. The molecule has 22 heavy (non-hydrogen) atoms. The molecule has 0 saturated heterocycles. The van der Waals surface area contributed by atoms with Crippen LogP contribution in [-0.4, -0.2) is 4.57 Å². The van der Waals surface area contributed by atoms with Gasteiger partial charge in [-0.3, -0.25) is 4.79 Å². The van der Waals surface area contributed by atoms with Crippen molar-refractivity contribution in [1.29, 1.82) is 0 Å². The van der Waals surface area contributed by atoms with E-state index >= 15 is 0 Å². The third kappa shape index (κ3) is 2.74. The Morgan fingerprint density at radius 1 is 0.864 bits per heavy atom. The number of alkyl halides is 3. The molecule has 1 heterocycles. The summed E-state index contributed by atoms with van der Waals surface area (Å²) in [6, 6.07) is 15.5. The molecule has 0 aliphatic rings. The lowest BCUT2D eigenvalue weighted by atomic mass is 10.1. The van der Waals surface area contributed by atoms with Gasteiger partial charge in [0.15, 0.2) is 0 Å². The normalized spacial score (nSPS) is 11.8. The molecule has 0 fully saturated rings. The minimum absolute atomic E-state index is 0.182. The third-order valence-electron chi connectivity index (χ3n) is 3.52. The van der Waals surface area contributed by atoms with Gasteiger partial charge >= 0.3 is 6.18 Å². The lowest BCUT2D eigenvalue weighted by Gasteiger charge is -2.11. The number of para-hydroxylation sites is 1. The highest BCUT2D eigenvalue weighted by Gasteiger charge is 2.29. The van der Waals surface area contributed by atoms with Crippen LogP contribution in [0.4, 0.5) is 13.2 Å². The van der Waals surface area contributed by atoms with Crippen molar-refractivity contribution in [2.75, 3.05) is 0 Å². The highest BCUT2D eigenvalue weighted by molar-refractivity contribution is 5.78. The Morgan fingerprint density at radius 2 is 1.55 bits per heavy atom. The number of hydrogen-bond donors (Lipinski definition) is 0. The van der Waals surface area contributed by atoms with Crippen molar-refractivity contribution in [3.05, 3.63) is 82.1 Å². The summed E-state index contributed by atoms with van der Waals surface area (Å²) in [6.45, 7) is 0.234. The summed E-state index contributed by atoms with van der Waals surface area (Å²) in [6.07, 6.45) is -4.35. The number of benzene rings is 2. The number of nitrogens with zero attached hydrogens (tertiary/aromatic N) is 1. The van der Waals surface area contributed by atoms with Gasteiger partial charge in [0.25, 0.3) is 5.56 Å². The summed E-state index contributed by atoms with van der Waals surface area (Å²) in [5.74, 6) is 0. The van der Waals surface area contributed by atoms with Crippen LogP contribution in [0.2, 0.25) is 0 Å². The summed E-state index contributed by atoms with van der Waals surface area (Å²) in [7, 11) is 0. The van der Waals surface area contributed by atoms with Crippen LogP contribution in [0.25, 0.3) is 10.9 Å². The molecule has 0 bridgehead atoms. The van der Waals surface area contributed by atoms with Crippen molar-refractivity contribution in [3.8, 4) is 0 Å². The maximum atomic E-state index is 12.6. The highest BCUT2D eigenvalue weighted by Crippen LogP contribution is 2.29. The Kier molecular flexibility index (Phi) is 3.48. The third-order valence-corrected chi connectivity index (χ3v) is 3.52. The minimum Gasteiger partial charge on any atom is -0.304 e. The fraction of sp³-hybridized carbons (Fsp3) is 0.118. The first-order valence-corrected chi connectivity index (χ1v) is 6.70. The molecule has 3 aromatic rings. The van der Waals surface area contributed by atoms with Crippen LogP contribution < -0.4 is 5.56 Å². The zero-order valence-electron chi connectivity index (χ0n) is 11.5. The Morgan fingerprint density at radius 3 is 2.23 bits per heavy atom. The van der Waals surface area contributed by atoms with Crippen molar-refractivity contribution in [2.24, 2.45) is 0 Å².